The van der Waals surface area contributed by atoms with Gasteiger partial charge >= 0.3 is 0 Å². The zero-order valence-corrected chi connectivity index (χ0v) is 7.13. The average molecular weight is 183 g/mol. The third kappa shape index (κ3) is 1.70. The normalized spacial score (nSPS) is 21.6. The number of alkyl halides is 2. The molecule has 0 saturated carbocycles. The fourth-order valence-electron chi connectivity index (χ4n) is 1.45. The third-order valence-corrected chi connectivity index (χ3v) is 2.41. The molecule has 13 heavy (non-hydrogen) atoms. The standard InChI is InChI=1S/C10H11F2N/c11-10(12)8-3-1-7(2-4-8)9-5-6-13-9/h1-4,9-10,13H,5-6H2/t9-/m1/s1. The molecule has 1 aliphatic rings. The minimum Gasteiger partial charge on any atom is -0.310 e. The lowest BCUT2D eigenvalue weighted by atomic mass is 9.97. The van der Waals surface area contributed by atoms with Crippen molar-refractivity contribution in [1.29, 1.82) is 0 Å². The zero-order valence-electron chi connectivity index (χ0n) is 7.13. The quantitative estimate of drug-likeness (QED) is 0.743. The van der Waals surface area contributed by atoms with E-state index in [1.165, 1.54) is 12.1 Å². The van der Waals surface area contributed by atoms with Crippen LogP contribution in [0.15, 0.2) is 24.3 Å². The first-order chi connectivity index (χ1) is 6.27. The van der Waals surface area contributed by atoms with Gasteiger partial charge in [-0.25, -0.2) is 8.78 Å². The van der Waals surface area contributed by atoms with E-state index in [-0.39, 0.29) is 5.56 Å². The van der Waals surface area contributed by atoms with Gasteiger partial charge in [0.2, 0.25) is 0 Å². The Bertz CT molecular complexity index is 277. The molecule has 1 atom stereocenters. The lowest BCUT2D eigenvalue weighted by Crippen LogP contribution is -2.34. The van der Waals surface area contributed by atoms with Gasteiger partial charge in [-0.2, -0.15) is 0 Å². The summed E-state index contributed by atoms with van der Waals surface area (Å²) in [7, 11) is 0. The highest BCUT2D eigenvalue weighted by molar-refractivity contribution is 5.26. The molecule has 1 aromatic rings. The number of benzene rings is 1. The van der Waals surface area contributed by atoms with Crippen molar-refractivity contribution in [2.45, 2.75) is 18.9 Å². The van der Waals surface area contributed by atoms with Crippen LogP contribution >= 0.6 is 0 Å². The molecule has 0 aliphatic carbocycles. The molecule has 1 aliphatic heterocycles. The van der Waals surface area contributed by atoms with Crippen LogP contribution < -0.4 is 5.32 Å². The van der Waals surface area contributed by atoms with Crippen molar-refractivity contribution in [3.8, 4) is 0 Å². The van der Waals surface area contributed by atoms with Gasteiger partial charge in [-0.3, -0.25) is 0 Å². The molecule has 1 fully saturated rings. The van der Waals surface area contributed by atoms with Gasteiger partial charge in [0, 0.05) is 11.6 Å². The Morgan fingerprint density at radius 2 is 1.85 bits per heavy atom. The summed E-state index contributed by atoms with van der Waals surface area (Å²) in [4.78, 5) is 0. The minimum atomic E-state index is -2.36. The van der Waals surface area contributed by atoms with Gasteiger partial charge < -0.3 is 5.32 Å². The summed E-state index contributed by atoms with van der Waals surface area (Å²) in [5.41, 5.74) is 1.21. The summed E-state index contributed by atoms with van der Waals surface area (Å²) in [6.45, 7) is 1.03. The Balaban J connectivity index is 2.13. The highest BCUT2D eigenvalue weighted by Crippen LogP contribution is 2.25. The van der Waals surface area contributed by atoms with E-state index in [4.69, 9.17) is 0 Å². The van der Waals surface area contributed by atoms with Gasteiger partial charge in [0.05, 0.1) is 0 Å². The van der Waals surface area contributed by atoms with Crippen LogP contribution in [0.25, 0.3) is 0 Å². The Morgan fingerprint density at radius 1 is 1.23 bits per heavy atom. The molecule has 0 amide bonds. The van der Waals surface area contributed by atoms with E-state index in [0.717, 1.165) is 18.5 Å². The summed E-state index contributed by atoms with van der Waals surface area (Å²) in [5.74, 6) is 0. The fraction of sp³-hybridized carbons (Fsp3) is 0.400. The molecule has 3 heteroatoms. The molecule has 0 radical (unpaired) electrons. The van der Waals surface area contributed by atoms with Gasteiger partial charge in [0.15, 0.2) is 0 Å². The number of halogens is 2. The van der Waals surface area contributed by atoms with Crippen molar-refractivity contribution < 1.29 is 8.78 Å². The first-order valence-electron chi connectivity index (χ1n) is 4.39. The molecular formula is C10H11F2N. The largest absolute Gasteiger partial charge is 0.310 e. The number of hydrogen-bond acceptors (Lipinski definition) is 1. The van der Waals surface area contributed by atoms with Crippen LogP contribution in [-0.4, -0.2) is 6.54 Å². The van der Waals surface area contributed by atoms with Crippen LogP contribution in [0.4, 0.5) is 8.78 Å². The van der Waals surface area contributed by atoms with Crippen molar-refractivity contribution in [3.05, 3.63) is 35.4 Å². The zero-order chi connectivity index (χ0) is 9.26. The molecule has 1 saturated heterocycles. The summed E-state index contributed by atoms with van der Waals surface area (Å²) < 4.78 is 24.4. The van der Waals surface area contributed by atoms with Gasteiger partial charge in [0.25, 0.3) is 6.43 Å². The van der Waals surface area contributed by atoms with E-state index in [2.05, 4.69) is 5.32 Å². The number of nitrogens with one attached hydrogen (secondary N) is 1. The van der Waals surface area contributed by atoms with Gasteiger partial charge in [-0.1, -0.05) is 24.3 Å². The van der Waals surface area contributed by atoms with Crippen molar-refractivity contribution in [2.75, 3.05) is 6.54 Å². The maximum absolute atomic E-state index is 12.2. The Labute approximate surface area is 75.8 Å². The summed E-state index contributed by atoms with van der Waals surface area (Å²) in [6, 6.07) is 6.93. The maximum atomic E-state index is 12.2. The second-order valence-electron chi connectivity index (χ2n) is 3.26. The molecule has 1 N–H and O–H groups in total. The van der Waals surface area contributed by atoms with Crippen LogP contribution in [0.2, 0.25) is 0 Å². The molecule has 1 aromatic carbocycles. The number of hydrogen-bond donors (Lipinski definition) is 1. The van der Waals surface area contributed by atoms with Gasteiger partial charge in [-0.15, -0.1) is 0 Å². The molecule has 0 aromatic heterocycles. The second kappa shape index (κ2) is 3.42. The fourth-order valence-corrected chi connectivity index (χ4v) is 1.45. The lowest BCUT2D eigenvalue weighted by molar-refractivity contribution is 0.151. The van der Waals surface area contributed by atoms with Crippen LogP contribution in [0, 0.1) is 0 Å². The summed E-state index contributed by atoms with van der Waals surface area (Å²) >= 11 is 0. The minimum absolute atomic E-state index is 0.100. The number of rotatable bonds is 2. The van der Waals surface area contributed by atoms with E-state index >= 15 is 0 Å². The highest BCUT2D eigenvalue weighted by Gasteiger charge is 2.18. The maximum Gasteiger partial charge on any atom is 0.263 e. The third-order valence-electron chi connectivity index (χ3n) is 2.41. The Hall–Kier alpha value is -0.960. The molecule has 70 valence electrons. The van der Waals surface area contributed by atoms with Crippen molar-refractivity contribution in [2.24, 2.45) is 0 Å². The van der Waals surface area contributed by atoms with E-state index in [1.807, 2.05) is 0 Å². The molecule has 1 nitrogen and oxygen atoms in total. The van der Waals surface area contributed by atoms with E-state index < -0.39 is 6.43 Å². The molecule has 0 spiro atoms. The smallest absolute Gasteiger partial charge is 0.263 e. The Kier molecular flexibility index (Phi) is 2.27. The Morgan fingerprint density at radius 3 is 2.23 bits per heavy atom. The van der Waals surface area contributed by atoms with Crippen LogP contribution in [0.3, 0.4) is 0 Å². The summed E-state index contributed by atoms with van der Waals surface area (Å²) in [5, 5.41) is 3.22. The lowest BCUT2D eigenvalue weighted by Gasteiger charge is -2.28. The van der Waals surface area contributed by atoms with Gasteiger partial charge in [-0.05, 0) is 18.5 Å². The molecule has 1 heterocycles. The summed E-state index contributed by atoms with van der Waals surface area (Å²) in [6.07, 6.45) is -1.25. The van der Waals surface area contributed by atoms with E-state index in [0.29, 0.717) is 6.04 Å². The molecule has 0 bridgehead atoms. The topological polar surface area (TPSA) is 12.0 Å². The first kappa shape index (κ1) is 8.63. The van der Waals surface area contributed by atoms with Crippen LogP contribution in [-0.2, 0) is 0 Å². The van der Waals surface area contributed by atoms with E-state index in [9.17, 15) is 8.78 Å². The highest BCUT2D eigenvalue weighted by atomic mass is 19.3. The molecule has 2 rings (SSSR count). The SMILES string of the molecule is FC(F)c1ccc([C@H]2CCN2)cc1. The first-order valence-corrected chi connectivity index (χ1v) is 4.39. The van der Waals surface area contributed by atoms with Crippen LogP contribution in [0.1, 0.15) is 30.0 Å². The predicted molar refractivity (Wildman–Crippen MR) is 46.8 cm³/mol. The second-order valence-corrected chi connectivity index (χ2v) is 3.26. The average Bonchev–Trinajstić information content (AvgIpc) is 2.02. The monoisotopic (exact) mass is 183 g/mol. The van der Waals surface area contributed by atoms with Crippen molar-refractivity contribution >= 4 is 0 Å². The van der Waals surface area contributed by atoms with Crippen molar-refractivity contribution in [1.82, 2.24) is 5.32 Å². The van der Waals surface area contributed by atoms with Crippen LogP contribution in [0.5, 0.6) is 0 Å². The molecular weight excluding hydrogens is 172 g/mol. The van der Waals surface area contributed by atoms with E-state index in [1.54, 1.807) is 12.1 Å². The van der Waals surface area contributed by atoms with Crippen molar-refractivity contribution in [3.63, 3.8) is 0 Å². The predicted octanol–water partition coefficient (Wildman–Crippen LogP) is 2.66. The van der Waals surface area contributed by atoms with Gasteiger partial charge in [0.1, 0.15) is 0 Å². The molecule has 0 unspecified atom stereocenters.